The molecule has 34 heavy (non-hydrogen) atoms. The third kappa shape index (κ3) is 4.33. The van der Waals surface area contributed by atoms with Crippen molar-refractivity contribution in [2.75, 3.05) is 10.0 Å². The Morgan fingerprint density at radius 1 is 0.853 bits per heavy atom. The van der Waals surface area contributed by atoms with E-state index >= 15 is 0 Å². The van der Waals surface area contributed by atoms with E-state index in [0.717, 1.165) is 16.8 Å². The highest BCUT2D eigenvalue weighted by Crippen LogP contribution is 2.26. The fourth-order valence-corrected chi connectivity index (χ4v) is 4.59. The predicted molar refractivity (Wildman–Crippen MR) is 130 cm³/mol. The van der Waals surface area contributed by atoms with Gasteiger partial charge < -0.3 is 5.32 Å². The van der Waals surface area contributed by atoms with E-state index in [9.17, 15) is 12.8 Å². The van der Waals surface area contributed by atoms with Gasteiger partial charge in [-0.05, 0) is 67.6 Å². The smallest absolute Gasteiger partial charge is 0.261 e. The molecule has 0 radical (unpaired) electrons. The van der Waals surface area contributed by atoms with Crippen LogP contribution >= 0.6 is 0 Å². The summed E-state index contributed by atoms with van der Waals surface area (Å²) < 4.78 is 43.0. The molecule has 2 aromatic heterocycles. The number of hydrogen-bond donors (Lipinski definition) is 2. The van der Waals surface area contributed by atoms with Gasteiger partial charge in [0.05, 0.1) is 16.8 Å². The van der Waals surface area contributed by atoms with Gasteiger partial charge in [0.1, 0.15) is 5.82 Å². The molecule has 3 aromatic carbocycles. The first-order valence-electron chi connectivity index (χ1n) is 10.4. The number of fused-ring (bicyclic) bond motifs is 1. The molecule has 2 heterocycles. The number of halogens is 1. The lowest BCUT2D eigenvalue weighted by molar-refractivity contribution is 0.601. The molecule has 0 amide bonds. The molecule has 5 aromatic rings. The van der Waals surface area contributed by atoms with Crippen LogP contribution < -0.4 is 10.0 Å². The third-order valence-corrected chi connectivity index (χ3v) is 6.70. The SMILES string of the molecule is Cc1ccc(S(=O)(=O)Nc2ccc(Nc3nccn4c(-c5ccc(F)cc5)cnc34)cc2)cc1. The minimum atomic E-state index is -3.68. The van der Waals surface area contributed by atoms with Gasteiger partial charge in [-0.2, -0.15) is 0 Å². The predicted octanol–water partition coefficient (Wildman–Crippen LogP) is 5.39. The lowest BCUT2D eigenvalue weighted by atomic mass is 10.2. The summed E-state index contributed by atoms with van der Waals surface area (Å²) in [6.45, 7) is 1.90. The van der Waals surface area contributed by atoms with Crippen LogP contribution in [0, 0.1) is 12.7 Å². The van der Waals surface area contributed by atoms with Crippen LogP contribution in [-0.2, 0) is 10.0 Å². The number of nitrogens with one attached hydrogen (secondary N) is 2. The van der Waals surface area contributed by atoms with Crippen LogP contribution in [0.2, 0.25) is 0 Å². The van der Waals surface area contributed by atoms with Crippen molar-refractivity contribution in [1.29, 1.82) is 0 Å². The van der Waals surface area contributed by atoms with Crippen LogP contribution in [-0.4, -0.2) is 22.8 Å². The molecule has 0 unspecified atom stereocenters. The second-order valence-electron chi connectivity index (χ2n) is 7.74. The van der Waals surface area contributed by atoms with Gasteiger partial charge in [-0.3, -0.25) is 9.12 Å². The van der Waals surface area contributed by atoms with Crippen LogP contribution in [0.25, 0.3) is 16.9 Å². The van der Waals surface area contributed by atoms with Gasteiger partial charge in [-0.15, -0.1) is 0 Å². The Kier molecular flexibility index (Phi) is 5.46. The summed E-state index contributed by atoms with van der Waals surface area (Å²) in [7, 11) is -3.68. The minimum absolute atomic E-state index is 0.201. The maximum absolute atomic E-state index is 13.3. The standard InChI is InChI=1S/C25H20FN5O2S/c1-17-2-12-22(13-3-17)34(32,33)30-21-10-8-20(9-11-21)29-24-25-28-16-23(31(25)15-14-27-24)18-4-6-19(26)7-5-18/h2-16,30H,1H3,(H,27,29). The summed E-state index contributed by atoms with van der Waals surface area (Å²) in [5, 5.41) is 3.22. The minimum Gasteiger partial charge on any atom is -0.337 e. The summed E-state index contributed by atoms with van der Waals surface area (Å²) >= 11 is 0. The molecule has 2 N–H and O–H groups in total. The molecule has 9 heteroatoms. The number of aromatic nitrogens is 3. The lowest BCUT2D eigenvalue weighted by Crippen LogP contribution is -2.12. The summed E-state index contributed by atoms with van der Waals surface area (Å²) in [5.41, 5.74) is 4.38. The summed E-state index contributed by atoms with van der Waals surface area (Å²) in [6, 6.07) is 19.7. The van der Waals surface area contributed by atoms with Crippen molar-refractivity contribution in [3.05, 3.63) is 103 Å². The molecule has 0 atom stereocenters. The zero-order valence-corrected chi connectivity index (χ0v) is 18.9. The highest BCUT2D eigenvalue weighted by molar-refractivity contribution is 7.92. The number of benzene rings is 3. The van der Waals surface area contributed by atoms with Crippen molar-refractivity contribution in [2.45, 2.75) is 11.8 Å². The van der Waals surface area contributed by atoms with Gasteiger partial charge in [-0.25, -0.2) is 22.8 Å². The second-order valence-corrected chi connectivity index (χ2v) is 9.42. The number of rotatable bonds is 6. The molecule has 0 saturated carbocycles. The van der Waals surface area contributed by atoms with Gasteiger partial charge >= 0.3 is 0 Å². The molecule has 0 bridgehead atoms. The Balaban J connectivity index is 1.36. The van der Waals surface area contributed by atoms with Crippen LogP contribution in [0.4, 0.5) is 21.6 Å². The molecule has 170 valence electrons. The maximum atomic E-state index is 13.3. The van der Waals surface area contributed by atoms with Crippen LogP contribution in [0.15, 0.2) is 96.3 Å². The molecule has 0 saturated heterocycles. The van der Waals surface area contributed by atoms with Gasteiger partial charge in [-0.1, -0.05) is 17.7 Å². The Labute approximate surface area is 196 Å². The van der Waals surface area contributed by atoms with E-state index in [-0.39, 0.29) is 10.7 Å². The number of nitrogens with zero attached hydrogens (tertiary/aromatic N) is 3. The number of anilines is 3. The van der Waals surface area contributed by atoms with Crippen molar-refractivity contribution < 1.29 is 12.8 Å². The van der Waals surface area contributed by atoms with E-state index in [1.165, 1.54) is 12.1 Å². The molecule has 0 aliphatic carbocycles. The molecular formula is C25H20FN5O2S. The lowest BCUT2D eigenvalue weighted by Gasteiger charge is -2.11. The Morgan fingerprint density at radius 2 is 1.53 bits per heavy atom. The quantitative estimate of drug-likeness (QED) is 0.345. The topological polar surface area (TPSA) is 88.4 Å². The summed E-state index contributed by atoms with van der Waals surface area (Å²) in [5.74, 6) is 0.232. The van der Waals surface area contributed by atoms with Crippen molar-refractivity contribution in [2.24, 2.45) is 0 Å². The van der Waals surface area contributed by atoms with E-state index in [2.05, 4.69) is 20.0 Å². The Bertz CT molecular complexity index is 1560. The van der Waals surface area contributed by atoms with E-state index < -0.39 is 10.0 Å². The molecule has 0 fully saturated rings. The average molecular weight is 474 g/mol. The normalized spacial score (nSPS) is 11.5. The summed E-state index contributed by atoms with van der Waals surface area (Å²) in [6.07, 6.45) is 5.14. The Hall–Kier alpha value is -4.24. The number of sulfonamides is 1. The monoisotopic (exact) mass is 473 g/mol. The number of imidazole rings is 1. The highest BCUT2D eigenvalue weighted by atomic mass is 32.2. The Morgan fingerprint density at radius 3 is 2.24 bits per heavy atom. The van der Waals surface area contributed by atoms with E-state index in [1.54, 1.807) is 79.3 Å². The molecule has 5 rings (SSSR count). The van der Waals surface area contributed by atoms with Crippen LogP contribution in [0.5, 0.6) is 0 Å². The molecular weight excluding hydrogens is 453 g/mol. The maximum Gasteiger partial charge on any atom is 0.261 e. The van der Waals surface area contributed by atoms with Gasteiger partial charge in [0.15, 0.2) is 11.5 Å². The van der Waals surface area contributed by atoms with Crippen molar-refractivity contribution in [3.8, 4) is 11.3 Å². The van der Waals surface area contributed by atoms with Gasteiger partial charge in [0, 0.05) is 29.3 Å². The van der Waals surface area contributed by atoms with Gasteiger partial charge in [0.25, 0.3) is 10.0 Å². The fraction of sp³-hybridized carbons (Fsp3) is 0.0400. The van der Waals surface area contributed by atoms with Gasteiger partial charge in [0.2, 0.25) is 0 Å². The number of aryl methyl sites for hydroxylation is 1. The van der Waals surface area contributed by atoms with Crippen molar-refractivity contribution in [1.82, 2.24) is 14.4 Å². The van der Waals surface area contributed by atoms with Crippen LogP contribution in [0.3, 0.4) is 0 Å². The first-order valence-corrected chi connectivity index (χ1v) is 11.9. The molecule has 0 aliphatic rings. The molecule has 0 aliphatic heterocycles. The first-order chi connectivity index (χ1) is 16.4. The third-order valence-electron chi connectivity index (χ3n) is 5.30. The van der Waals surface area contributed by atoms with Crippen LogP contribution in [0.1, 0.15) is 5.56 Å². The van der Waals surface area contributed by atoms with Crippen molar-refractivity contribution >= 4 is 32.9 Å². The summed E-state index contributed by atoms with van der Waals surface area (Å²) in [4.78, 5) is 9.06. The largest absolute Gasteiger partial charge is 0.337 e. The second kappa shape index (κ2) is 8.60. The van der Waals surface area contributed by atoms with Crippen molar-refractivity contribution in [3.63, 3.8) is 0 Å². The molecule has 7 nitrogen and oxygen atoms in total. The zero-order chi connectivity index (χ0) is 23.7. The van der Waals surface area contributed by atoms with E-state index in [0.29, 0.717) is 22.8 Å². The molecule has 0 spiro atoms. The highest BCUT2D eigenvalue weighted by Gasteiger charge is 2.14. The average Bonchev–Trinajstić information content (AvgIpc) is 3.26. The first kappa shape index (κ1) is 21.6. The zero-order valence-electron chi connectivity index (χ0n) is 18.1. The van der Waals surface area contributed by atoms with E-state index in [1.807, 2.05) is 11.3 Å². The fourth-order valence-electron chi connectivity index (χ4n) is 3.53. The number of hydrogen-bond acceptors (Lipinski definition) is 5. The van der Waals surface area contributed by atoms with E-state index in [4.69, 9.17) is 0 Å².